The summed E-state index contributed by atoms with van der Waals surface area (Å²) in [5.74, 6) is 0.559. The summed E-state index contributed by atoms with van der Waals surface area (Å²) in [5, 5.41) is 4.34. The van der Waals surface area contributed by atoms with Crippen LogP contribution in [0, 0.1) is 13.8 Å². The van der Waals surface area contributed by atoms with E-state index in [1.165, 1.54) is 23.8 Å². The first-order valence-electron chi connectivity index (χ1n) is 8.94. The van der Waals surface area contributed by atoms with E-state index in [9.17, 15) is 8.42 Å². The molecule has 10 heteroatoms. The molecule has 9 nitrogen and oxygen atoms in total. The molecule has 1 fully saturated rings. The number of nitrogens with zero attached hydrogens (tertiary/aromatic N) is 5. The zero-order valence-corrected chi connectivity index (χ0v) is 16.9. The molecular formula is C17H25N5O4S. The lowest BCUT2D eigenvalue weighted by molar-refractivity contribution is 0.119. The molecule has 1 atom stereocenters. The number of sulfonamides is 1. The van der Waals surface area contributed by atoms with Crippen LogP contribution in [0.4, 0.5) is 0 Å². The number of piperidine rings is 1. The van der Waals surface area contributed by atoms with Crippen molar-refractivity contribution in [3.8, 4) is 11.8 Å². The normalized spacial score (nSPS) is 18.4. The predicted molar refractivity (Wildman–Crippen MR) is 98.4 cm³/mol. The minimum absolute atomic E-state index is 0.248. The van der Waals surface area contributed by atoms with Crippen LogP contribution >= 0.6 is 0 Å². The summed E-state index contributed by atoms with van der Waals surface area (Å²) in [6, 6.07) is 0. The van der Waals surface area contributed by atoms with Crippen molar-refractivity contribution in [2.45, 2.75) is 51.2 Å². The van der Waals surface area contributed by atoms with Crippen LogP contribution in [-0.4, -0.2) is 58.8 Å². The number of ether oxygens (including phenoxy) is 2. The Kier molecular flexibility index (Phi) is 5.66. The molecule has 1 unspecified atom stereocenters. The van der Waals surface area contributed by atoms with E-state index in [0.717, 1.165) is 6.42 Å². The lowest BCUT2D eigenvalue weighted by Gasteiger charge is -2.31. The molecule has 1 aliphatic heterocycles. The maximum Gasteiger partial charge on any atom is 0.278 e. The molecule has 148 valence electrons. The molecule has 0 aliphatic carbocycles. The van der Waals surface area contributed by atoms with Gasteiger partial charge in [-0.2, -0.15) is 9.40 Å². The Hall–Kier alpha value is -2.20. The fraction of sp³-hybridized carbons (Fsp3) is 0.588. The van der Waals surface area contributed by atoms with Crippen LogP contribution in [0.25, 0.3) is 0 Å². The van der Waals surface area contributed by atoms with E-state index < -0.39 is 10.0 Å². The predicted octanol–water partition coefficient (Wildman–Crippen LogP) is 1.55. The first-order chi connectivity index (χ1) is 12.9. The minimum atomic E-state index is -3.65. The average molecular weight is 395 g/mol. The Bertz CT molecular complexity index is 912. The minimum Gasteiger partial charge on any atom is -0.477 e. The standard InChI is InChI=1S/C17H25N5O4S/c1-5-22-13(3)15(12(2)20-22)27(23,24)21-10-6-7-14(11-21)26-17-16(25-4)18-8-9-19-17/h8-9,14H,5-7,10-11H2,1-4H3. The van der Waals surface area contributed by atoms with Crippen LogP contribution in [0.1, 0.15) is 31.2 Å². The monoisotopic (exact) mass is 395 g/mol. The molecule has 0 radical (unpaired) electrons. The molecule has 0 amide bonds. The summed E-state index contributed by atoms with van der Waals surface area (Å²) in [6.07, 6.45) is 4.15. The topological polar surface area (TPSA) is 99.4 Å². The second-order valence-corrected chi connectivity index (χ2v) is 8.31. The first kappa shape index (κ1) is 19.6. The maximum atomic E-state index is 13.2. The van der Waals surface area contributed by atoms with E-state index in [1.54, 1.807) is 18.5 Å². The van der Waals surface area contributed by atoms with Gasteiger partial charge in [0.05, 0.1) is 25.0 Å². The third-order valence-corrected chi connectivity index (χ3v) is 6.78. The summed E-state index contributed by atoms with van der Waals surface area (Å²) in [5.41, 5.74) is 1.18. The van der Waals surface area contributed by atoms with Gasteiger partial charge in [-0.15, -0.1) is 0 Å². The van der Waals surface area contributed by atoms with Gasteiger partial charge in [0.25, 0.3) is 11.8 Å². The molecular weight excluding hydrogens is 370 g/mol. The lowest BCUT2D eigenvalue weighted by Crippen LogP contribution is -2.44. The maximum absolute atomic E-state index is 13.2. The fourth-order valence-corrected chi connectivity index (χ4v) is 5.28. The third kappa shape index (κ3) is 3.77. The van der Waals surface area contributed by atoms with Gasteiger partial charge >= 0.3 is 0 Å². The molecule has 0 N–H and O–H groups in total. The number of hydrogen-bond acceptors (Lipinski definition) is 7. The largest absolute Gasteiger partial charge is 0.477 e. The zero-order valence-electron chi connectivity index (χ0n) is 16.0. The molecule has 2 aromatic rings. The second-order valence-electron chi connectivity index (χ2n) is 6.43. The highest BCUT2D eigenvalue weighted by Crippen LogP contribution is 2.28. The third-order valence-electron chi connectivity index (χ3n) is 4.66. The van der Waals surface area contributed by atoms with Gasteiger partial charge in [0.1, 0.15) is 11.0 Å². The molecule has 27 heavy (non-hydrogen) atoms. The van der Waals surface area contributed by atoms with Crippen LogP contribution < -0.4 is 9.47 Å². The lowest BCUT2D eigenvalue weighted by atomic mass is 10.1. The highest BCUT2D eigenvalue weighted by Gasteiger charge is 2.35. The van der Waals surface area contributed by atoms with Gasteiger partial charge in [-0.3, -0.25) is 4.68 Å². The first-order valence-corrected chi connectivity index (χ1v) is 10.4. The van der Waals surface area contributed by atoms with Crippen LogP contribution in [0.15, 0.2) is 17.3 Å². The molecule has 2 aromatic heterocycles. The zero-order chi connectivity index (χ0) is 19.6. The van der Waals surface area contributed by atoms with Gasteiger partial charge in [0.2, 0.25) is 10.0 Å². The summed E-state index contributed by atoms with van der Waals surface area (Å²) in [6.45, 7) is 6.79. The molecule has 1 saturated heterocycles. The summed E-state index contributed by atoms with van der Waals surface area (Å²) in [4.78, 5) is 8.50. The van der Waals surface area contributed by atoms with Crippen LogP contribution in [0.5, 0.6) is 11.8 Å². The van der Waals surface area contributed by atoms with E-state index in [0.29, 0.717) is 35.8 Å². The fourth-order valence-electron chi connectivity index (χ4n) is 3.40. The molecule has 3 heterocycles. The molecule has 0 bridgehead atoms. The number of aryl methyl sites for hydroxylation is 2. The van der Waals surface area contributed by atoms with E-state index >= 15 is 0 Å². The van der Waals surface area contributed by atoms with Gasteiger partial charge in [-0.25, -0.2) is 18.4 Å². The highest BCUT2D eigenvalue weighted by molar-refractivity contribution is 7.89. The van der Waals surface area contributed by atoms with Gasteiger partial charge < -0.3 is 9.47 Å². The van der Waals surface area contributed by atoms with Crippen molar-refractivity contribution in [2.75, 3.05) is 20.2 Å². The van der Waals surface area contributed by atoms with Crippen molar-refractivity contribution in [2.24, 2.45) is 0 Å². The van der Waals surface area contributed by atoms with Crippen LogP contribution in [0.2, 0.25) is 0 Å². The highest BCUT2D eigenvalue weighted by atomic mass is 32.2. The number of rotatable bonds is 6. The Morgan fingerprint density at radius 2 is 1.93 bits per heavy atom. The van der Waals surface area contributed by atoms with Crippen molar-refractivity contribution in [1.82, 2.24) is 24.1 Å². The van der Waals surface area contributed by atoms with Gasteiger partial charge in [-0.1, -0.05) is 0 Å². The van der Waals surface area contributed by atoms with Gasteiger partial charge in [0.15, 0.2) is 0 Å². The van der Waals surface area contributed by atoms with Gasteiger partial charge in [-0.05, 0) is 33.6 Å². The van der Waals surface area contributed by atoms with Crippen molar-refractivity contribution >= 4 is 10.0 Å². The molecule has 0 spiro atoms. The van der Waals surface area contributed by atoms with E-state index in [2.05, 4.69) is 15.1 Å². The van der Waals surface area contributed by atoms with Crippen molar-refractivity contribution in [1.29, 1.82) is 0 Å². The second kappa shape index (κ2) is 7.81. The van der Waals surface area contributed by atoms with Gasteiger partial charge in [0, 0.05) is 25.5 Å². The molecule has 0 saturated carbocycles. The van der Waals surface area contributed by atoms with Crippen molar-refractivity contribution in [3.63, 3.8) is 0 Å². The summed E-state index contributed by atoms with van der Waals surface area (Å²) in [7, 11) is -2.16. The smallest absolute Gasteiger partial charge is 0.278 e. The summed E-state index contributed by atoms with van der Waals surface area (Å²) < 4.78 is 40.7. The van der Waals surface area contributed by atoms with Crippen molar-refractivity contribution in [3.05, 3.63) is 23.8 Å². The number of aromatic nitrogens is 4. The average Bonchev–Trinajstić information content (AvgIpc) is 2.96. The number of hydrogen-bond donors (Lipinski definition) is 0. The molecule has 1 aliphatic rings. The Balaban J connectivity index is 1.82. The number of methoxy groups -OCH3 is 1. The Morgan fingerprint density at radius 3 is 2.56 bits per heavy atom. The SMILES string of the molecule is CCn1nc(C)c(S(=O)(=O)N2CCCC(Oc3nccnc3OC)C2)c1C. The van der Waals surface area contributed by atoms with Crippen molar-refractivity contribution < 1.29 is 17.9 Å². The quantitative estimate of drug-likeness (QED) is 0.731. The van der Waals surface area contributed by atoms with Crippen LogP contribution in [-0.2, 0) is 16.6 Å². The summed E-state index contributed by atoms with van der Waals surface area (Å²) >= 11 is 0. The molecule has 3 rings (SSSR count). The van der Waals surface area contributed by atoms with E-state index in [4.69, 9.17) is 9.47 Å². The molecule has 0 aromatic carbocycles. The van der Waals surface area contributed by atoms with Crippen LogP contribution in [0.3, 0.4) is 0 Å². The Morgan fingerprint density at radius 1 is 1.22 bits per heavy atom. The van der Waals surface area contributed by atoms with E-state index in [-0.39, 0.29) is 24.4 Å². The van der Waals surface area contributed by atoms with E-state index in [1.807, 2.05) is 6.92 Å². The Labute approximate surface area is 159 Å².